The van der Waals surface area contributed by atoms with Gasteiger partial charge in [0, 0.05) is 23.4 Å². The zero-order valence-corrected chi connectivity index (χ0v) is 14.7. The molecule has 128 valence electrons. The lowest BCUT2D eigenvalue weighted by Gasteiger charge is -2.17. The zero-order valence-electron chi connectivity index (χ0n) is 14.7. The minimum absolute atomic E-state index is 0.0448. The number of nitrogens with one attached hydrogen (secondary N) is 1. The van der Waals surface area contributed by atoms with Gasteiger partial charge in [0.15, 0.2) is 0 Å². The Hall–Kier alpha value is -2.17. The molecule has 0 atom stereocenters. The summed E-state index contributed by atoms with van der Waals surface area (Å²) in [4.78, 5) is 16.2. The van der Waals surface area contributed by atoms with Gasteiger partial charge in [-0.3, -0.25) is 14.5 Å². The molecule has 1 amide bonds. The van der Waals surface area contributed by atoms with Crippen molar-refractivity contribution < 1.29 is 4.79 Å². The van der Waals surface area contributed by atoms with Crippen molar-refractivity contribution >= 4 is 5.91 Å². The maximum absolute atomic E-state index is 12.1. The van der Waals surface area contributed by atoms with Crippen molar-refractivity contribution in [3.05, 3.63) is 36.3 Å². The summed E-state index contributed by atoms with van der Waals surface area (Å²) >= 11 is 0. The molecule has 1 N–H and O–H groups in total. The molecular formula is C19H26N4O. The number of hydrogen-bond donors (Lipinski definition) is 1. The average molecular weight is 326 g/mol. The number of rotatable bonds is 4. The van der Waals surface area contributed by atoms with Gasteiger partial charge in [-0.15, -0.1) is 0 Å². The minimum Gasteiger partial charge on any atom is -0.350 e. The number of pyridine rings is 1. The van der Waals surface area contributed by atoms with Crippen LogP contribution in [0.1, 0.15) is 58.2 Å². The van der Waals surface area contributed by atoms with Crippen molar-refractivity contribution in [2.45, 2.75) is 59.0 Å². The summed E-state index contributed by atoms with van der Waals surface area (Å²) in [6.07, 6.45) is 8.48. The quantitative estimate of drug-likeness (QED) is 0.931. The van der Waals surface area contributed by atoms with Gasteiger partial charge in [0.2, 0.25) is 5.91 Å². The van der Waals surface area contributed by atoms with Crippen LogP contribution in [0.15, 0.2) is 30.6 Å². The van der Waals surface area contributed by atoms with Crippen LogP contribution in [-0.2, 0) is 11.3 Å². The first-order chi connectivity index (χ1) is 11.4. The fourth-order valence-electron chi connectivity index (χ4n) is 3.13. The molecule has 0 radical (unpaired) electrons. The van der Waals surface area contributed by atoms with Gasteiger partial charge in [0.1, 0.15) is 0 Å². The van der Waals surface area contributed by atoms with Gasteiger partial charge < -0.3 is 5.32 Å². The van der Waals surface area contributed by atoms with Crippen LogP contribution >= 0.6 is 0 Å². The van der Waals surface area contributed by atoms with Crippen molar-refractivity contribution in [2.75, 3.05) is 0 Å². The topological polar surface area (TPSA) is 59.8 Å². The molecule has 5 heteroatoms. The third-order valence-electron chi connectivity index (χ3n) is 4.54. The third-order valence-corrected chi connectivity index (χ3v) is 4.54. The number of hydrogen-bond acceptors (Lipinski definition) is 3. The van der Waals surface area contributed by atoms with Gasteiger partial charge in [0.05, 0.1) is 24.0 Å². The molecule has 2 aromatic heterocycles. The van der Waals surface area contributed by atoms with E-state index in [2.05, 4.69) is 21.0 Å². The highest BCUT2D eigenvalue weighted by Crippen LogP contribution is 2.33. The van der Waals surface area contributed by atoms with E-state index in [1.807, 2.05) is 45.3 Å². The molecule has 3 rings (SSSR count). The van der Waals surface area contributed by atoms with Gasteiger partial charge in [0.25, 0.3) is 0 Å². The van der Waals surface area contributed by atoms with E-state index in [0.29, 0.717) is 12.6 Å². The highest BCUT2D eigenvalue weighted by atomic mass is 16.2. The maximum atomic E-state index is 12.1. The van der Waals surface area contributed by atoms with E-state index < -0.39 is 0 Å². The van der Waals surface area contributed by atoms with Gasteiger partial charge in [-0.1, -0.05) is 33.6 Å². The molecule has 0 saturated heterocycles. The summed E-state index contributed by atoms with van der Waals surface area (Å²) in [5, 5.41) is 7.80. The van der Waals surface area contributed by atoms with Crippen molar-refractivity contribution in [2.24, 2.45) is 5.41 Å². The molecule has 2 heterocycles. The molecule has 1 aliphatic carbocycles. The Balaban J connectivity index is 1.85. The number of aromatic nitrogens is 3. The van der Waals surface area contributed by atoms with Crippen molar-refractivity contribution in [1.82, 2.24) is 20.1 Å². The molecule has 1 saturated carbocycles. The van der Waals surface area contributed by atoms with Gasteiger partial charge >= 0.3 is 0 Å². The van der Waals surface area contributed by atoms with E-state index in [1.54, 1.807) is 0 Å². The molecule has 2 aromatic rings. The first-order valence-corrected chi connectivity index (χ1v) is 8.72. The molecule has 24 heavy (non-hydrogen) atoms. The smallest absolute Gasteiger partial charge is 0.225 e. The van der Waals surface area contributed by atoms with Crippen LogP contribution in [-0.4, -0.2) is 20.7 Å². The van der Waals surface area contributed by atoms with E-state index in [0.717, 1.165) is 17.0 Å². The van der Waals surface area contributed by atoms with E-state index in [4.69, 9.17) is 5.10 Å². The molecule has 1 fully saturated rings. The summed E-state index contributed by atoms with van der Waals surface area (Å²) in [6, 6.07) is 6.58. The van der Waals surface area contributed by atoms with Crippen LogP contribution in [0.4, 0.5) is 0 Å². The van der Waals surface area contributed by atoms with Gasteiger partial charge in [-0.25, -0.2) is 0 Å². The van der Waals surface area contributed by atoms with E-state index in [1.165, 1.54) is 25.7 Å². The molecule has 0 unspecified atom stereocenters. The fourth-order valence-corrected chi connectivity index (χ4v) is 3.13. The van der Waals surface area contributed by atoms with Crippen LogP contribution in [0.3, 0.4) is 0 Å². The Morgan fingerprint density at radius 2 is 1.92 bits per heavy atom. The van der Waals surface area contributed by atoms with E-state index >= 15 is 0 Å². The molecule has 5 nitrogen and oxygen atoms in total. The maximum Gasteiger partial charge on any atom is 0.225 e. The van der Waals surface area contributed by atoms with E-state index in [-0.39, 0.29) is 11.3 Å². The van der Waals surface area contributed by atoms with Crippen molar-refractivity contribution in [3.8, 4) is 11.3 Å². The Morgan fingerprint density at radius 3 is 2.54 bits per heavy atom. The lowest BCUT2D eigenvalue weighted by molar-refractivity contribution is -0.128. The summed E-state index contributed by atoms with van der Waals surface area (Å²) in [5.41, 5.74) is 2.76. The summed E-state index contributed by atoms with van der Waals surface area (Å²) in [5.74, 6) is 0.0448. The Morgan fingerprint density at radius 1 is 1.25 bits per heavy atom. The van der Waals surface area contributed by atoms with Crippen LogP contribution < -0.4 is 5.32 Å². The molecule has 1 aliphatic rings. The lowest BCUT2D eigenvalue weighted by Crippen LogP contribution is -2.34. The van der Waals surface area contributed by atoms with Gasteiger partial charge in [-0.05, 0) is 31.0 Å². The first kappa shape index (κ1) is 16.7. The van der Waals surface area contributed by atoms with E-state index in [9.17, 15) is 4.79 Å². The molecular weight excluding hydrogens is 300 g/mol. The van der Waals surface area contributed by atoms with Crippen molar-refractivity contribution in [3.63, 3.8) is 0 Å². The highest BCUT2D eigenvalue weighted by Gasteiger charge is 2.24. The number of amides is 1. The van der Waals surface area contributed by atoms with Gasteiger partial charge in [-0.2, -0.15) is 5.10 Å². The average Bonchev–Trinajstić information content (AvgIpc) is 3.21. The predicted molar refractivity (Wildman–Crippen MR) is 94.3 cm³/mol. The second-order valence-corrected chi connectivity index (χ2v) is 7.57. The lowest BCUT2D eigenvalue weighted by atomic mass is 9.96. The summed E-state index contributed by atoms with van der Waals surface area (Å²) < 4.78 is 2.15. The largest absolute Gasteiger partial charge is 0.350 e. The normalized spacial score (nSPS) is 15.6. The fraction of sp³-hybridized carbons (Fsp3) is 0.526. The third kappa shape index (κ3) is 3.66. The molecule has 0 bridgehead atoms. The summed E-state index contributed by atoms with van der Waals surface area (Å²) in [6.45, 7) is 6.22. The van der Waals surface area contributed by atoms with Crippen LogP contribution in [0.2, 0.25) is 0 Å². The first-order valence-electron chi connectivity index (χ1n) is 8.72. The zero-order chi connectivity index (χ0) is 17.2. The minimum atomic E-state index is -0.387. The molecule has 0 aromatic carbocycles. The standard InChI is InChI=1S/C19H26N4O/c1-19(2,3)18(24)21-13-15-12-17(14-8-10-20-11-9-14)23(22-15)16-6-4-5-7-16/h8-12,16H,4-7,13H2,1-3H3,(H,21,24). The Bertz CT molecular complexity index is 694. The highest BCUT2D eigenvalue weighted by molar-refractivity contribution is 5.81. The summed E-state index contributed by atoms with van der Waals surface area (Å²) in [7, 11) is 0. The second-order valence-electron chi connectivity index (χ2n) is 7.57. The number of nitrogens with zero attached hydrogens (tertiary/aromatic N) is 3. The molecule has 0 aliphatic heterocycles. The van der Waals surface area contributed by atoms with Crippen LogP contribution in [0.5, 0.6) is 0 Å². The van der Waals surface area contributed by atoms with Crippen LogP contribution in [0.25, 0.3) is 11.3 Å². The van der Waals surface area contributed by atoms with Crippen LogP contribution in [0, 0.1) is 5.41 Å². The SMILES string of the molecule is CC(C)(C)C(=O)NCc1cc(-c2ccncc2)n(C2CCCC2)n1. The Kier molecular flexibility index (Phi) is 4.69. The predicted octanol–water partition coefficient (Wildman–Crippen LogP) is 3.72. The monoisotopic (exact) mass is 326 g/mol. The molecule has 0 spiro atoms. The Labute approximate surface area is 143 Å². The second kappa shape index (κ2) is 6.75. The number of carbonyl (C=O) groups is 1. The number of carbonyl (C=O) groups excluding carboxylic acids is 1. The van der Waals surface area contributed by atoms with Crippen molar-refractivity contribution in [1.29, 1.82) is 0 Å².